The van der Waals surface area contributed by atoms with E-state index in [1.165, 1.54) is 6.92 Å². The second-order valence-corrected chi connectivity index (χ2v) is 6.75. The smallest absolute Gasteiger partial charge is 0.409 e. The van der Waals surface area contributed by atoms with E-state index in [2.05, 4.69) is 25.5 Å². The SMILES string of the molecule is CCOC(=O)N1CCN(c2cc(C)nc(Nc3ccc(NC(C)=O)cc3)n2)CC1. The summed E-state index contributed by atoms with van der Waals surface area (Å²) < 4.78 is 5.07. The summed E-state index contributed by atoms with van der Waals surface area (Å²) in [6.07, 6.45) is -0.268. The van der Waals surface area contributed by atoms with Crippen LogP contribution in [0, 0.1) is 6.92 Å². The molecule has 1 saturated heterocycles. The zero-order chi connectivity index (χ0) is 20.8. The van der Waals surface area contributed by atoms with Crippen molar-refractivity contribution < 1.29 is 14.3 Å². The first-order chi connectivity index (χ1) is 13.9. The van der Waals surface area contributed by atoms with Gasteiger partial charge in [-0.3, -0.25) is 4.79 Å². The predicted octanol–water partition coefficient (Wildman–Crippen LogP) is 2.77. The van der Waals surface area contributed by atoms with Gasteiger partial charge in [0.15, 0.2) is 0 Å². The van der Waals surface area contributed by atoms with Crippen LogP contribution in [-0.2, 0) is 9.53 Å². The van der Waals surface area contributed by atoms with Crippen LogP contribution < -0.4 is 15.5 Å². The molecule has 1 aromatic carbocycles. The predicted molar refractivity (Wildman–Crippen MR) is 112 cm³/mol. The van der Waals surface area contributed by atoms with Crippen LogP contribution in [-0.4, -0.2) is 59.7 Å². The Labute approximate surface area is 170 Å². The third kappa shape index (κ3) is 5.56. The van der Waals surface area contributed by atoms with Crippen LogP contribution in [0.4, 0.5) is 27.9 Å². The van der Waals surface area contributed by atoms with Gasteiger partial charge in [0.25, 0.3) is 0 Å². The van der Waals surface area contributed by atoms with Gasteiger partial charge in [-0.25, -0.2) is 9.78 Å². The van der Waals surface area contributed by atoms with Crippen LogP contribution in [0.1, 0.15) is 19.5 Å². The maximum atomic E-state index is 11.9. The standard InChI is InChI=1S/C20H26N6O3/c1-4-29-20(28)26-11-9-25(10-12-26)18-13-14(2)21-19(24-18)23-17-7-5-16(6-8-17)22-15(3)27/h5-8,13H,4,9-12H2,1-3H3,(H,22,27)(H,21,23,24). The number of anilines is 4. The van der Waals surface area contributed by atoms with Crippen LogP contribution in [0.3, 0.4) is 0 Å². The highest BCUT2D eigenvalue weighted by molar-refractivity contribution is 5.88. The van der Waals surface area contributed by atoms with Crippen molar-refractivity contribution in [2.45, 2.75) is 20.8 Å². The number of nitrogens with zero attached hydrogens (tertiary/aromatic N) is 4. The van der Waals surface area contributed by atoms with Crippen molar-refractivity contribution in [3.63, 3.8) is 0 Å². The van der Waals surface area contributed by atoms with Gasteiger partial charge >= 0.3 is 6.09 Å². The monoisotopic (exact) mass is 398 g/mol. The Bertz CT molecular complexity index is 863. The van der Waals surface area contributed by atoms with Gasteiger partial charge in [0, 0.05) is 56.2 Å². The van der Waals surface area contributed by atoms with Crippen LogP contribution >= 0.6 is 0 Å². The number of hydrogen-bond acceptors (Lipinski definition) is 7. The number of nitrogens with one attached hydrogen (secondary N) is 2. The molecule has 3 rings (SSSR count). The van der Waals surface area contributed by atoms with E-state index < -0.39 is 0 Å². The van der Waals surface area contributed by atoms with E-state index in [-0.39, 0.29) is 12.0 Å². The highest BCUT2D eigenvalue weighted by atomic mass is 16.6. The van der Waals surface area contributed by atoms with Crippen molar-refractivity contribution in [1.82, 2.24) is 14.9 Å². The Hall–Kier alpha value is -3.36. The molecular weight excluding hydrogens is 372 g/mol. The van der Waals surface area contributed by atoms with Gasteiger partial charge in [-0.2, -0.15) is 4.98 Å². The van der Waals surface area contributed by atoms with E-state index in [0.29, 0.717) is 38.7 Å². The quantitative estimate of drug-likeness (QED) is 0.799. The topological polar surface area (TPSA) is 99.7 Å². The number of rotatable bonds is 5. The summed E-state index contributed by atoms with van der Waals surface area (Å²) >= 11 is 0. The molecule has 0 aliphatic carbocycles. The first kappa shape index (κ1) is 20.4. The lowest BCUT2D eigenvalue weighted by atomic mass is 10.3. The molecule has 0 saturated carbocycles. The first-order valence-corrected chi connectivity index (χ1v) is 9.61. The third-order valence-electron chi connectivity index (χ3n) is 4.43. The van der Waals surface area contributed by atoms with Gasteiger partial charge in [0.1, 0.15) is 5.82 Å². The number of carbonyl (C=O) groups is 2. The molecular formula is C20H26N6O3. The number of hydrogen-bond donors (Lipinski definition) is 2. The second kappa shape index (κ2) is 9.22. The lowest BCUT2D eigenvalue weighted by Gasteiger charge is -2.34. The molecule has 1 fully saturated rings. The molecule has 29 heavy (non-hydrogen) atoms. The molecule has 1 aliphatic heterocycles. The lowest BCUT2D eigenvalue weighted by Crippen LogP contribution is -2.49. The normalized spacial score (nSPS) is 13.8. The van der Waals surface area contributed by atoms with Crippen LogP contribution in [0.2, 0.25) is 0 Å². The molecule has 0 spiro atoms. The molecule has 0 radical (unpaired) electrons. The van der Waals surface area contributed by atoms with Crippen molar-refractivity contribution in [3.05, 3.63) is 36.0 Å². The van der Waals surface area contributed by atoms with Gasteiger partial charge in [-0.1, -0.05) is 0 Å². The van der Waals surface area contributed by atoms with Crippen molar-refractivity contribution in [2.24, 2.45) is 0 Å². The Kier molecular flexibility index (Phi) is 6.48. The maximum absolute atomic E-state index is 11.9. The Morgan fingerprint density at radius 2 is 1.72 bits per heavy atom. The van der Waals surface area contributed by atoms with Gasteiger partial charge in [0.2, 0.25) is 11.9 Å². The molecule has 9 heteroatoms. The molecule has 0 unspecified atom stereocenters. The Morgan fingerprint density at radius 1 is 1.07 bits per heavy atom. The number of aromatic nitrogens is 2. The fourth-order valence-corrected chi connectivity index (χ4v) is 3.07. The molecule has 0 atom stereocenters. The van der Waals surface area contributed by atoms with Gasteiger partial charge < -0.3 is 25.2 Å². The zero-order valence-corrected chi connectivity index (χ0v) is 16.9. The van der Waals surface area contributed by atoms with E-state index in [1.54, 1.807) is 11.8 Å². The van der Waals surface area contributed by atoms with E-state index >= 15 is 0 Å². The van der Waals surface area contributed by atoms with Crippen molar-refractivity contribution in [3.8, 4) is 0 Å². The van der Waals surface area contributed by atoms with Crippen LogP contribution in [0.15, 0.2) is 30.3 Å². The summed E-state index contributed by atoms with van der Waals surface area (Å²) in [7, 11) is 0. The number of carbonyl (C=O) groups excluding carboxylic acids is 2. The highest BCUT2D eigenvalue weighted by Crippen LogP contribution is 2.21. The minimum atomic E-state index is -0.268. The lowest BCUT2D eigenvalue weighted by molar-refractivity contribution is -0.114. The zero-order valence-electron chi connectivity index (χ0n) is 16.9. The average molecular weight is 398 g/mol. The number of amides is 2. The van der Waals surface area contributed by atoms with Gasteiger partial charge in [0.05, 0.1) is 6.61 Å². The molecule has 2 heterocycles. The Balaban J connectivity index is 1.66. The summed E-state index contributed by atoms with van der Waals surface area (Å²) in [4.78, 5) is 35.9. The molecule has 154 valence electrons. The minimum Gasteiger partial charge on any atom is -0.450 e. The third-order valence-corrected chi connectivity index (χ3v) is 4.43. The maximum Gasteiger partial charge on any atom is 0.409 e. The minimum absolute atomic E-state index is 0.111. The summed E-state index contributed by atoms with van der Waals surface area (Å²) in [6.45, 7) is 8.13. The molecule has 1 aliphatic rings. The van der Waals surface area contributed by atoms with E-state index in [0.717, 1.165) is 22.9 Å². The van der Waals surface area contributed by atoms with E-state index in [4.69, 9.17) is 4.74 Å². The van der Waals surface area contributed by atoms with E-state index in [9.17, 15) is 9.59 Å². The molecule has 2 aromatic rings. The van der Waals surface area contributed by atoms with Crippen molar-refractivity contribution in [2.75, 3.05) is 48.3 Å². The fourth-order valence-electron chi connectivity index (χ4n) is 3.07. The number of aryl methyl sites for hydroxylation is 1. The average Bonchev–Trinajstić information content (AvgIpc) is 2.69. The molecule has 9 nitrogen and oxygen atoms in total. The number of benzene rings is 1. The van der Waals surface area contributed by atoms with E-state index in [1.807, 2.05) is 37.3 Å². The fraction of sp³-hybridized carbons (Fsp3) is 0.400. The summed E-state index contributed by atoms with van der Waals surface area (Å²) in [5, 5.41) is 5.94. The van der Waals surface area contributed by atoms with Crippen LogP contribution in [0.25, 0.3) is 0 Å². The molecule has 0 bridgehead atoms. The summed E-state index contributed by atoms with van der Waals surface area (Å²) in [5.41, 5.74) is 2.40. The number of ether oxygens (including phenoxy) is 1. The van der Waals surface area contributed by atoms with Crippen molar-refractivity contribution in [1.29, 1.82) is 0 Å². The first-order valence-electron chi connectivity index (χ1n) is 9.61. The molecule has 1 aromatic heterocycles. The van der Waals surface area contributed by atoms with Gasteiger partial charge in [-0.05, 0) is 38.1 Å². The second-order valence-electron chi connectivity index (χ2n) is 6.75. The molecule has 2 amide bonds. The number of piperazine rings is 1. The Morgan fingerprint density at radius 3 is 2.34 bits per heavy atom. The largest absolute Gasteiger partial charge is 0.450 e. The molecule has 2 N–H and O–H groups in total. The summed E-state index contributed by atoms with van der Waals surface area (Å²) in [5.74, 6) is 1.21. The summed E-state index contributed by atoms with van der Waals surface area (Å²) in [6, 6.07) is 9.28. The highest BCUT2D eigenvalue weighted by Gasteiger charge is 2.23. The van der Waals surface area contributed by atoms with Gasteiger partial charge in [-0.15, -0.1) is 0 Å². The van der Waals surface area contributed by atoms with Crippen LogP contribution in [0.5, 0.6) is 0 Å². The van der Waals surface area contributed by atoms with Crippen molar-refractivity contribution >= 4 is 35.1 Å².